The van der Waals surface area contributed by atoms with Gasteiger partial charge in [-0.2, -0.15) is 0 Å². The number of methoxy groups -OCH3 is 2. The number of ether oxygens (including phenoxy) is 2. The summed E-state index contributed by atoms with van der Waals surface area (Å²) in [6, 6.07) is 5.36. The maximum atomic E-state index is 12.0. The van der Waals surface area contributed by atoms with Crippen LogP contribution in [0.3, 0.4) is 0 Å². The summed E-state index contributed by atoms with van der Waals surface area (Å²) in [5.41, 5.74) is 1.99. The minimum Gasteiger partial charge on any atom is -0.497 e. The number of rotatable bonds is 4. The molecule has 2 heterocycles. The number of aromatic nitrogens is 3. The summed E-state index contributed by atoms with van der Waals surface area (Å²) in [5.74, 6) is 0.708. The quantitative estimate of drug-likeness (QED) is 0.842. The monoisotopic (exact) mass is 275 g/mol. The van der Waals surface area contributed by atoms with Crippen molar-refractivity contribution in [2.75, 3.05) is 14.2 Å². The standard InChI is InChI=1S/C14H17N3O3/c1-9-5-12(19-3)7-11(15-9)8-17-13(18)6-10(2)16-14(17)20-4/h5-7H,8H2,1-4H3. The molecule has 0 N–H and O–H groups in total. The molecular weight excluding hydrogens is 258 g/mol. The van der Waals surface area contributed by atoms with Crippen molar-refractivity contribution >= 4 is 0 Å². The van der Waals surface area contributed by atoms with Crippen molar-refractivity contribution in [2.45, 2.75) is 20.4 Å². The molecule has 0 aliphatic carbocycles. The zero-order chi connectivity index (χ0) is 14.7. The van der Waals surface area contributed by atoms with Crippen molar-refractivity contribution in [1.29, 1.82) is 0 Å². The van der Waals surface area contributed by atoms with Crippen LogP contribution < -0.4 is 15.0 Å². The molecule has 6 nitrogen and oxygen atoms in total. The molecule has 0 atom stereocenters. The number of hydrogen-bond donors (Lipinski definition) is 0. The first-order chi connectivity index (χ1) is 9.53. The molecule has 0 spiro atoms. The highest BCUT2D eigenvalue weighted by Crippen LogP contribution is 2.15. The van der Waals surface area contributed by atoms with Crippen molar-refractivity contribution in [3.05, 3.63) is 45.6 Å². The maximum absolute atomic E-state index is 12.0. The average Bonchev–Trinajstić information content (AvgIpc) is 2.40. The van der Waals surface area contributed by atoms with Crippen LogP contribution in [0.1, 0.15) is 17.1 Å². The maximum Gasteiger partial charge on any atom is 0.299 e. The number of nitrogens with zero attached hydrogens (tertiary/aromatic N) is 3. The smallest absolute Gasteiger partial charge is 0.299 e. The lowest BCUT2D eigenvalue weighted by atomic mass is 10.3. The zero-order valence-electron chi connectivity index (χ0n) is 12.0. The third-order valence-electron chi connectivity index (χ3n) is 2.82. The van der Waals surface area contributed by atoms with Gasteiger partial charge >= 0.3 is 0 Å². The molecule has 0 unspecified atom stereocenters. The highest BCUT2D eigenvalue weighted by atomic mass is 16.5. The molecule has 2 aromatic rings. The van der Waals surface area contributed by atoms with Crippen LogP contribution in [0.25, 0.3) is 0 Å². The van der Waals surface area contributed by atoms with E-state index in [-0.39, 0.29) is 18.1 Å². The van der Waals surface area contributed by atoms with E-state index in [0.717, 1.165) is 5.69 Å². The number of aryl methyl sites for hydroxylation is 2. The second-order valence-electron chi connectivity index (χ2n) is 4.45. The van der Waals surface area contributed by atoms with E-state index in [4.69, 9.17) is 9.47 Å². The summed E-state index contributed by atoms with van der Waals surface area (Å²) in [6.07, 6.45) is 0. The van der Waals surface area contributed by atoms with Gasteiger partial charge in [-0.3, -0.25) is 14.3 Å². The molecule has 0 saturated carbocycles. The predicted octanol–water partition coefficient (Wildman–Crippen LogP) is 1.32. The first-order valence-corrected chi connectivity index (χ1v) is 6.17. The summed E-state index contributed by atoms with van der Waals surface area (Å²) in [4.78, 5) is 20.6. The second kappa shape index (κ2) is 5.73. The normalized spacial score (nSPS) is 10.4. The van der Waals surface area contributed by atoms with Crippen molar-refractivity contribution < 1.29 is 9.47 Å². The Kier molecular flexibility index (Phi) is 4.02. The SMILES string of the molecule is COc1cc(C)nc(Cn2c(OC)nc(C)cc2=O)c1. The average molecular weight is 275 g/mol. The van der Waals surface area contributed by atoms with E-state index >= 15 is 0 Å². The molecule has 20 heavy (non-hydrogen) atoms. The fraction of sp³-hybridized carbons (Fsp3) is 0.357. The highest BCUT2D eigenvalue weighted by Gasteiger charge is 2.10. The minimum atomic E-state index is -0.170. The van der Waals surface area contributed by atoms with Crippen LogP contribution in [-0.2, 0) is 6.54 Å². The van der Waals surface area contributed by atoms with E-state index < -0.39 is 0 Å². The fourth-order valence-corrected chi connectivity index (χ4v) is 1.96. The molecule has 6 heteroatoms. The molecule has 2 aromatic heterocycles. The third kappa shape index (κ3) is 2.96. The van der Waals surface area contributed by atoms with Crippen LogP contribution in [0, 0.1) is 13.8 Å². The van der Waals surface area contributed by atoms with Gasteiger partial charge in [0.25, 0.3) is 11.6 Å². The van der Waals surface area contributed by atoms with Crippen LogP contribution >= 0.6 is 0 Å². The van der Waals surface area contributed by atoms with E-state index in [1.165, 1.54) is 17.7 Å². The van der Waals surface area contributed by atoms with Crippen LogP contribution in [0.4, 0.5) is 0 Å². The predicted molar refractivity (Wildman–Crippen MR) is 74.4 cm³/mol. The molecule has 2 rings (SSSR count). The molecule has 0 bridgehead atoms. The van der Waals surface area contributed by atoms with Gasteiger partial charge in [-0.05, 0) is 13.8 Å². The first kappa shape index (κ1) is 14.0. The van der Waals surface area contributed by atoms with Gasteiger partial charge in [0.2, 0.25) is 0 Å². The van der Waals surface area contributed by atoms with E-state index in [1.54, 1.807) is 20.1 Å². The largest absolute Gasteiger partial charge is 0.497 e. The topological polar surface area (TPSA) is 66.2 Å². The molecule has 0 aromatic carbocycles. The van der Waals surface area contributed by atoms with Gasteiger partial charge in [0, 0.05) is 29.6 Å². The van der Waals surface area contributed by atoms with Gasteiger partial charge in [0.15, 0.2) is 0 Å². The fourth-order valence-electron chi connectivity index (χ4n) is 1.96. The third-order valence-corrected chi connectivity index (χ3v) is 2.82. The van der Waals surface area contributed by atoms with Gasteiger partial charge in [0.1, 0.15) is 5.75 Å². The first-order valence-electron chi connectivity index (χ1n) is 6.17. The van der Waals surface area contributed by atoms with E-state index in [9.17, 15) is 4.79 Å². The number of pyridine rings is 1. The van der Waals surface area contributed by atoms with E-state index in [0.29, 0.717) is 17.1 Å². The minimum absolute atomic E-state index is 0.170. The Morgan fingerprint density at radius 3 is 2.40 bits per heavy atom. The summed E-state index contributed by atoms with van der Waals surface area (Å²) in [7, 11) is 3.08. The van der Waals surface area contributed by atoms with Gasteiger partial charge < -0.3 is 9.47 Å². The molecular formula is C14H17N3O3. The van der Waals surface area contributed by atoms with Crippen molar-refractivity contribution in [3.8, 4) is 11.8 Å². The molecule has 0 radical (unpaired) electrons. The van der Waals surface area contributed by atoms with Crippen molar-refractivity contribution in [2.24, 2.45) is 0 Å². The molecule has 106 valence electrons. The lowest BCUT2D eigenvalue weighted by Crippen LogP contribution is -2.23. The lowest BCUT2D eigenvalue weighted by Gasteiger charge is -2.11. The van der Waals surface area contributed by atoms with Gasteiger partial charge in [-0.1, -0.05) is 0 Å². The Morgan fingerprint density at radius 1 is 1.05 bits per heavy atom. The van der Waals surface area contributed by atoms with Crippen LogP contribution in [0.2, 0.25) is 0 Å². The van der Waals surface area contributed by atoms with E-state index in [2.05, 4.69) is 9.97 Å². The molecule has 0 aliphatic rings. The Hall–Kier alpha value is -2.37. The van der Waals surface area contributed by atoms with Crippen molar-refractivity contribution in [1.82, 2.24) is 14.5 Å². The Bertz CT molecular complexity index is 680. The number of hydrogen-bond acceptors (Lipinski definition) is 5. The molecule has 0 saturated heterocycles. The van der Waals surface area contributed by atoms with Crippen LogP contribution in [0.5, 0.6) is 11.8 Å². The molecule has 0 aliphatic heterocycles. The molecule has 0 fully saturated rings. The molecule has 0 amide bonds. The van der Waals surface area contributed by atoms with Crippen LogP contribution in [-0.4, -0.2) is 28.8 Å². The summed E-state index contributed by atoms with van der Waals surface area (Å²) in [5, 5.41) is 0. The van der Waals surface area contributed by atoms with Crippen LogP contribution in [0.15, 0.2) is 23.0 Å². The Labute approximate surface area is 117 Å². The second-order valence-corrected chi connectivity index (χ2v) is 4.45. The summed E-state index contributed by atoms with van der Waals surface area (Å²) < 4.78 is 11.8. The van der Waals surface area contributed by atoms with Crippen molar-refractivity contribution in [3.63, 3.8) is 0 Å². The van der Waals surface area contributed by atoms with Gasteiger partial charge in [0.05, 0.1) is 26.5 Å². The summed E-state index contributed by atoms with van der Waals surface area (Å²) >= 11 is 0. The Morgan fingerprint density at radius 2 is 1.75 bits per heavy atom. The summed E-state index contributed by atoms with van der Waals surface area (Å²) in [6.45, 7) is 3.91. The Balaban J connectivity index is 2.44. The lowest BCUT2D eigenvalue weighted by molar-refractivity contribution is 0.349. The highest BCUT2D eigenvalue weighted by molar-refractivity contribution is 5.27. The van der Waals surface area contributed by atoms with Gasteiger partial charge in [-0.15, -0.1) is 0 Å². The zero-order valence-corrected chi connectivity index (χ0v) is 12.0. The van der Waals surface area contributed by atoms with Gasteiger partial charge in [-0.25, -0.2) is 4.98 Å². The van der Waals surface area contributed by atoms with E-state index in [1.807, 2.05) is 13.0 Å².